The molecule has 1 unspecified atom stereocenters. The fraction of sp³-hybridized carbons (Fsp3) is 0.478. The van der Waals surface area contributed by atoms with E-state index in [4.69, 9.17) is 39.5 Å². The number of nitrogens with one attached hydrogen (secondary N) is 1. The highest BCUT2D eigenvalue weighted by molar-refractivity contribution is 6.18. The minimum Gasteiger partial charge on any atom is -0.486 e. The number of hydrogen-bond donors (Lipinski definition) is 1. The second-order valence-corrected chi connectivity index (χ2v) is 7.97. The predicted molar refractivity (Wildman–Crippen MR) is 143 cm³/mol. The van der Waals surface area contributed by atoms with Crippen LogP contribution in [-0.2, 0) is 6.18 Å². The molecule has 0 saturated heterocycles. The molecule has 0 aliphatic rings. The second-order valence-electron chi connectivity index (χ2n) is 6.84. The Kier molecular flexibility index (Phi) is 21.5. The molecule has 34 heavy (non-hydrogen) atoms. The normalized spacial score (nSPS) is 11.5. The fourth-order valence-electron chi connectivity index (χ4n) is 2.82. The van der Waals surface area contributed by atoms with Gasteiger partial charge in [-0.25, -0.2) is 0 Å². The summed E-state index contributed by atoms with van der Waals surface area (Å²) >= 11 is 16.6. The number of halogens is 8. The molecule has 0 bridgehead atoms. The maximum Gasteiger partial charge on any atom is 0.416 e. The summed E-state index contributed by atoms with van der Waals surface area (Å²) < 4.78 is 43.6. The molecule has 0 aromatic heterocycles. The van der Waals surface area contributed by atoms with Gasteiger partial charge in [-0.05, 0) is 43.4 Å². The Bertz CT molecular complexity index is 711. The van der Waals surface area contributed by atoms with E-state index in [9.17, 15) is 13.2 Å². The fourth-order valence-corrected chi connectivity index (χ4v) is 3.53. The first kappa shape index (κ1) is 35.6. The maximum absolute atomic E-state index is 12.6. The molecule has 2 rings (SSSR count). The Morgan fingerprint density at radius 3 is 1.76 bits per heavy atom. The highest BCUT2D eigenvalue weighted by Gasteiger charge is 2.30. The van der Waals surface area contributed by atoms with Crippen molar-refractivity contribution in [1.29, 1.82) is 0 Å². The monoisotopic (exact) mass is 584 g/mol. The smallest absolute Gasteiger partial charge is 0.416 e. The average Bonchev–Trinajstić information content (AvgIpc) is 2.78. The van der Waals surface area contributed by atoms with Crippen LogP contribution in [0.4, 0.5) is 13.2 Å². The summed E-state index contributed by atoms with van der Waals surface area (Å²) in [7, 11) is 1.85. The van der Waals surface area contributed by atoms with E-state index in [0.717, 1.165) is 50.3 Å². The van der Waals surface area contributed by atoms with Gasteiger partial charge in [0.05, 0.1) is 5.56 Å². The van der Waals surface area contributed by atoms with E-state index in [2.05, 4.69) is 10.2 Å². The van der Waals surface area contributed by atoms with Gasteiger partial charge >= 0.3 is 6.18 Å². The van der Waals surface area contributed by atoms with Gasteiger partial charge in [0.15, 0.2) is 0 Å². The van der Waals surface area contributed by atoms with Gasteiger partial charge in [-0.15, -0.1) is 59.6 Å². The lowest BCUT2D eigenvalue weighted by Crippen LogP contribution is -2.29. The van der Waals surface area contributed by atoms with Crippen molar-refractivity contribution < 1.29 is 17.9 Å². The molecule has 3 nitrogen and oxygen atoms in total. The van der Waals surface area contributed by atoms with Crippen LogP contribution in [-0.4, -0.2) is 55.8 Å². The third-order valence-electron chi connectivity index (χ3n) is 4.49. The third kappa shape index (κ3) is 14.7. The number of nitrogens with zero attached hydrogens (tertiary/aromatic N) is 1. The molecule has 0 aliphatic carbocycles. The van der Waals surface area contributed by atoms with E-state index in [1.54, 1.807) is 0 Å². The molecule has 0 aliphatic heterocycles. The molecule has 0 amide bonds. The first-order valence-corrected chi connectivity index (χ1v) is 11.9. The van der Waals surface area contributed by atoms with Crippen LogP contribution in [0.3, 0.4) is 0 Å². The molecule has 11 heteroatoms. The first-order chi connectivity index (χ1) is 15.3. The van der Waals surface area contributed by atoms with Crippen molar-refractivity contribution in [2.75, 3.05) is 50.9 Å². The number of alkyl halides is 6. The lowest BCUT2D eigenvalue weighted by Gasteiger charge is -2.20. The molecule has 0 spiro atoms. The van der Waals surface area contributed by atoms with E-state index in [1.807, 2.05) is 37.4 Å². The molecule has 0 radical (unpaired) electrons. The average molecular weight is 587 g/mol. The minimum absolute atomic E-state index is 0. The standard InChI is InChI=1S/C17H18F3NO.C6H12Cl3N.2ClH/c1-21-12-11-16(13-5-3-2-4-6-13)22-15-9-7-14(8-10-15)17(18,19)20;7-1-4-10(5-2-8)6-3-9;;/h2-10,16,21H,11-12H2,1H3;1-6H2;2*1H. The van der Waals surface area contributed by atoms with Crippen LogP contribution in [0.1, 0.15) is 23.7 Å². The zero-order chi connectivity index (χ0) is 23.8. The number of hydrogen-bond acceptors (Lipinski definition) is 3. The van der Waals surface area contributed by atoms with Gasteiger partial charge in [0.1, 0.15) is 11.9 Å². The summed E-state index contributed by atoms with van der Waals surface area (Å²) in [6, 6.07) is 14.4. The molecule has 2 aromatic carbocycles. The SMILES string of the molecule is CNCCC(Oc1ccc(C(F)(F)F)cc1)c1ccccc1.Cl.Cl.ClCCN(CCCl)CCCl. The van der Waals surface area contributed by atoms with Crippen molar-refractivity contribution >= 4 is 59.6 Å². The van der Waals surface area contributed by atoms with Gasteiger partial charge in [-0.3, -0.25) is 4.90 Å². The van der Waals surface area contributed by atoms with Gasteiger partial charge < -0.3 is 10.1 Å². The van der Waals surface area contributed by atoms with E-state index in [0.29, 0.717) is 23.4 Å². The van der Waals surface area contributed by atoms with Crippen molar-refractivity contribution in [2.24, 2.45) is 0 Å². The zero-order valence-electron chi connectivity index (χ0n) is 18.9. The first-order valence-electron chi connectivity index (χ1n) is 10.3. The Morgan fingerprint density at radius 2 is 1.35 bits per heavy atom. The Hall–Kier alpha value is -0.600. The van der Waals surface area contributed by atoms with Gasteiger partial charge in [0.2, 0.25) is 0 Å². The van der Waals surface area contributed by atoms with Gasteiger partial charge in [0, 0.05) is 43.7 Å². The molecule has 2 aromatic rings. The molecule has 196 valence electrons. The minimum atomic E-state index is -4.33. The molecule has 0 fully saturated rings. The highest BCUT2D eigenvalue weighted by atomic mass is 35.5. The Labute approximate surface area is 228 Å². The summed E-state index contributed by atoms with van der Waals surface area (Å²) in [6.45, 7) is 3.38. The quantitative estimate of drug-likeness (QED) is 0.265. The van der Waals surface area contributed by atoms with Crippen molar-refractivity contribution in [3.05, 3.63) is 65.7 Å². The van der Waals surface area contributed by atoms with E-state index < -0.39 is 11.7 Å². The Morgan fingerprint density at radius 1 is 0.853 bits per heavy atom. The van der Waals surface area contributed by atoms with Crippen LogP contribution in [0.2, 0.25) is 0 Å². The summed E-state index contributed by atoms with van der Waals surface area (Å²) in [4.78, 5) is 2.15. The second kappa shape index (κ2) is 20.6. The summed E-state index contributed by atoms with van der Waals surface area (Å²) in [5.41, 5.74) is 0.323. The summed E-state index contributed by atoms with van der Waals surface area (Å²) in [6.07, 6.45) is -3.81. The van der Waals surface area contributed by atoms with Crippen LogP contribution in [0.25, 0.3) is 0 Å². The van der Waals surface area contributed by atoms with Gasteiger partial charge in [0.25, 0.3) is 0 Å². The van der Waals surface area contributed by atoms with Gasteiger partial charge in [-0.2, -0.15) is 13.2 Å². The summed E-state index contributed by atoms with van der Waals surface area (Å²) in [5, 5.41) is 3.05. The van der Waals surface area contributed by atoms with E-state index in [1.165, 1.54) is 12.1 Å². The number of ether oxygens (including phenoxy) is 1. The predicted octanol–water partition coefficient (Wildman–Crippen LogP) is 7.28. The van der Waals surface area contributed by atoms with E-state index >= 15 is 0 Å². The molecule has 1 N–H and O–H groups in total. The highest BCUT2D eigenvalue weighted by Crippen LogP contribution is 2.31. The molecular weight excluding hydrogens is 555 g/mol. The zero-order valence-corrected chi connectivity index (χ0v) is 22.8. The van der Waals surface area contributed by atoms with Crippen LogP contribution in [0.15, 0.2) is 54.6 Å². The van der Waals surface area contributed by atoms with E-state index in [-0.39, 0.29) is 30.9 Å². The van der Waals surface area contributed by atoms with Crippen molar-refractivity contribution in [2.45, 2.75) is 18.7 Å². The summed E-state index contributed by atoms with van der Waals surface area (Å²) in [5.74, 6) is 2.37. The number of rotatable bonds is 12. The Balaban J connectivity index is 0. The molecule has 0 saturated carbocycles. The molecule has 1 atom stereocenters. The molecular formula is C23H32Cl5F3N2O. The number of benzene rings is 2. The lowest BCUT2D eigenvalue weighted by molar-refractivity contribution is -0.137. The maximum atomic E-state index is 12.6. The lowest BCUT2D eigenvalue weighted by atomic mass is 10.1. The van der Waals surface area contributed by atoms with Gasteiger partial charge in [-0.1, -0.05) is 30.3 Å². The van der Waals surface area contributed by atoms with Crippen molar-refractivity contribution in [1.82, 2.24) is 10.2 Å². The van der Waals surface area contributed by atoms with Crippen LogP contribution < -0.4 is 10.1 Å². The van der Waals surface area contributed by atoms with Crippen LogP contribution in [0, 0.1) is 0 Å². The van der Waals surface area contributed by atoms with Crippen molar-refractivity contribution in [3.63, 3.8) is 0 Å². The van der Waals surface area contributed by atoms with Crippen LogP contribution >= 0.6 is 59.6 Å². The molecule has 0 heterocycles. The van der Waals surface area contributed by atoms with Crippen LogP contribution in [0.5, 0.6) is 5.75 Å². The largest absolute Gasteiger partial charge is 0.486 e. The third-order valence-corrected chi connectivity index (χ3v) is 5.00. The van der Waals surface area contributed by atoms with Crippen molar-refractivity contribution in [3.8, 4) is 5.75 Å². The topological polar surface area (TPSA) is 24.5 Å².